The lowest BCUT2D eigenvalue weighted by Crippen LogP contribution is -2.33. The minimum absolute atomic E-state index is 0.0418. The number of carbonyl (C=O) groups excluding carboxylic acids is 3. The Morgan fingerprint density at radius 2 is 1.48 bits per heavy atom. The summed E-state index contributed by atoms with van der Waals surface area (Å²) in [5.74, 6) is -3.58. The van der Waals surface area contributed by atoms with Crippen LogP contribution in [-0.2, 0) is 14.4 Å². The van der Waals surface area contributed by atoms with Crippen LogP contribution in [0.1, 0.15) is 18.1 Å². The van der Waals surface area contributed by atoms with Gasteiger partial charge in [0.2, 0.25) is 5.91 Å². The van der Waals surface area contributed by atoms with Crippen molar-refractivity contribution in [3.63, 3.8) is 0 Å². The second kappa shape index (κ2) is 8.66. The highest BCUT2D eigenvalue weighted by Gasteiger charge is 2.41. The molecular weight excluding hydrogens is 428 g/mol. The van der Waals surface area contributed by atoms with E-state index >= 15 is 0 Å². The molecule has 0 saturated heterocycles. The van der Waals surface area contributed by atoms with Crippen LogP contribution in [0.3, 0.4) is 0 Å². The first-order chi connectivity index (χ1) is 15.7. The number of hydrogen-bond acceptors (Lipinski definition) is 4. The van der Waals surface area contributed by atoms with Gasteiger partial charge in [0.05, 0.1) is 11.3 Å². The quantitative estimate of drug-likeness (QED) is 0.559. The van der Waals surface area contributed by atoms with Gasteiger partial charge in [-0.15, -0.1) is 0 Å². The van der Waals surface area contributed by atoms with Crippen LogP contribution in [0.4, 0.5) is 25.8 Å². The maximum atomic E-state index is 14.5. The monoisotopic (exact) mass is 447 g/mol. The second-order valence-corrected chi connectivity index (χ2v) is 7.54. The zero-order valence-corrected chi connectivity index (χ0v) is 17.8. The Labute approximate surface area is 188 Å². The minimum Gasteiger partial charge on any atom is -0.350 e. The lowest BCUT2D eigenvalue weighted by Gasteiger charge is -2.16. The number of anilines is 3. The Hall–Kier alpha value is -4.33. The number of hydrogen-bond donors (Lipinski definition) is 2. The SMILES string of the molecule is CC(=O)Nc1ccc(NC2=C(c3ccc(C)cc3)C(=O)N(c3ccc(F)cc3F)C2=O)cc1. The summed E-state index contributed by atoms with van der Waals surface area (Å²) >= 11 is 0. The van der Waals surface area contributed by atoms with E-state index < -0.39 is 23.4 Å². The number of aryl methyl sites for hydroxylation is 1. The van der Waals surface area contributed by atoms with E-state index in [4.69, 9.17) is 0 Å². The molecule has 0 aromatic heterocycles. The molecule has 1 aliphatic rings. The number of nitrogens with zero attached hydrogens (tertiary/aromatic N) is 1. The molecule has 4 rings (SSSR count). The number of amides is 3. The highest BCUT2D eigenvalue weighted by atomic mass is 19.1. The molecular formula is C25H19F2N3O3. The fourth-order valence-electron chi connectivity index (χ4n) is 3.50. The molecule has 3 aromatic carbocycles. The third-order valence-electron chi connectivity index (χ3n) is 5.05. The molecule has 0 atom stereocenters. The van der Waals surface area contributed by atoms with Crippen molar-refractivity contribution in [2.75, 3.05) is 15.5 Å². The van der Waals surface area contributed by atoms with Crippen molar-refractivity contribution >= 4 is 40.4 Å². The van der Waals surface area contributed by atoms with Crippen LogP contribution in [0.2, 0.25) is 0 Å². The summed E-state index contributed by atoms with van der Waals surface area (Å²) in [6.45, 7) is 3.27. The molecule has 1 aliphatic heterocycles. The van der Waals surface area contributed by atoms with Crippen molar-refractivity contribution in [2.45, 2.75) is 13.8 Å². The van der Waals surface area contributed by atoms with E-state index in [1.54, 1.807) is 48.5 Å². The maximum absolute atomic E-state index is 14.5. The molecule has 3 amide bonds. The van der Waals surface area contributed by atoms with Gasteiger partial charge in [0.1, 0.15) is 17.3 Å². The molecule has 0 radical (unpaired) electrons. The molecule has 2 N–H and O–H groups in total. The molecule has 0 spiro atoms. The zero-order valence-electron chi connectivity index (χ0n) is 17.8. The molecule has 1 heterocycles. The molecule has 6 nitrogen and oxygen atoms in total. The summed E-state index contributed by atoms with van der Waals surface area (Å²) < 4.78 is 27.9. The van der Waals surface area contributed by atoms with Crippen LogP contribution in [0, 0.1) is 18.6 Å². The third kappa shape index (κ3) is 4.36. The Balaban J connectivity index is 1.76. The molecule has 0 aliphatic carbocycles. The summed E-state index contributed by atoms with van der Waals surface area (Å²) in [5, 5.41) is 5.59. The van der Waals surface area contributed by atoms with E-state index in [0.717, 1.165) is 17.7 Å². The van der Waals surface area contributed by atoms with Gasteiger partial charge < -0.3 is 10.6 Å². The first-order valence-electron chi connectivity index (χ1n) is 10.0. The summed E-state index contributed by atoms with van der Waals surface area (Å²) in [6.07, 6.45) is 0. The van der Waals surface area contributed by atoms with Crippen molar-refractivity contribution in [3.8, 4) is 0 Å². The minimum atomic E-state index is -1.03. The molecule has 3 aromatic rings. The first kappa shape index (κ1) is 21.9. The third-order valence-corrected chi connectivity index (χ3v) is 5.05. The van der Waals surface area contributed by atoms with E-state index in [1.165, 1.54) is 6.92 Å². The summed E-state index contributed by atoms with van der Waals surface area (Å²) in [5.41, 5.74) is 2.15. The fourth-order valence-corrected chi connectivity index (χ4v) is 3.50. The number of benzene rings is 3. The fraction of sp³-hybridized carbons (Fsp3) is 0.0800. The van der Waals surface area contributed by atoms with Crippen LogP contribution in [-0.4, -0.2) is 17.7 Å². The Morgan fingerprint density at radius 1 is 0.848 bits per heavy atom. The Bertz CT molecular complexity index is 1300. The topological polar surface area (TPSA) is 78.5 Å². The predicted molar refractivity (Wildman–Crippen MR) is 121 cm³/mol. The van der Waals surface area contributed by atoms with Gasteiger partial charge in [0.25, 0.3) is 11.8 Å². The highest BCUT2D eigenvalue weighted by Crippen LogP contribution is 2.35. The molecule has 166 valence electrons. The van der Waals surface area contributed by atoms with Gasteiger partial charge in [-0.25, -0.2) is 13.7 Å². The Morgan fingerprint density at radius 3 is 2.09 bits per heavy atom. The lowest BCUT2D eigenvalue weighted by atomic mass is 10.0. The first-order valence-corrected chi connectivity index (χ1v) is 10.0. The normalized spacial score (nSPS) is 13.5. The van der Waals surface area contributed by atoms with Gasteiger partial charge in [-0.3, -0.25) is 14.4 Å². The van der Waals surface area contributed by atoms with Gasteiger partial charge in [-0.05, 0) is 48.9 Å². The van der Waals surface area contributed by atoms with E-state index in [9.17, 15) is 23.2 Å². The number of nitrogens with one attached hydrogen (secondary N) is 2. The number of rotatable bonds is 5. The molecule has 33 heavy (non-hydrogen) atoms. The van der Waals surface area contributed by atoms with Crippen molar-refractivity contribution in [3.05, 3.63) is 95.2 Å². The molecule has 0 saturated carbocycles. The van der Waals surface area contributed by atoms with Crippen LogP contribution < -0.4 is 15.5 Å². The zero-order chi connectivity index (χ0) is 23.7. The van der Waals surface area contributed by atoms with Crippen LogP contribution in [0.15, 0.2) is 72.4 Å². The largest absolute Gasteiger partial charge is 0.350 e. The van der Waals surface area contributed by atoms with E-state index in [0.29, 0.717) is 27.9 Å². The summed E-state index contributed by atoms with van der Waals surface area (Å²) in [6, 6.07) is 16.2. The lowest BCUT2D eigenvalue weighted by molar-refractivity contribution is -0.120. The van der Waals surface area contributed by atoms with E-state index in [1.807, 2.05) is 6.92 Å². The van der Waals surface area contributed by atoms with Gasteiger partial charge in [-0.2, -0.15) is 0 Å². The van der Waals surface area contributed by atoms with E-state index in [2.05, 4.69) is 10.6 Å². The van der Waals surface area contributed by atoms with E-state index in [-0.39, 0.29) is 22.9 Å². The smallest absolute Gasteiger partial charge is 0.282 e. The number of halogens is 2. The van der Waals surface area contributed by atoms with Crippen LogP contribution >= 0.6 is 0 Å². The van der Waals surface area contributed by atoms with Crippen LogP contribution in [0.5, 0.6) is 0 Å². The standard InChI is InChI=1S/C25H19F2N3O3/c1-14-3-5-16(6-4-14)22-23(29-19-10-8-18(9-11-19)28-15(2)31)25(33)30(24(22)32)21-12-7-17(26)13-20(21)27/h3-13,29H,1-2H3,(H,28,31). The van der Waals surface area contributed by atoms with Crippen molar-refractivity contribution in [2.24, 2.45) is 0 Å². The van der Waals surface area contributed by atoms with Gasteiger partial charge in [0.15, 0.2) is 0 Å². The van der Waals surface area contributed by atoms with Crippen molar-refractivity contribution < 1.29 is 23.2 Å². The molecule has 0 fully saturated rings. The maximum Gasteiger partial charge on any atom is 0.282 e. The van der Waals surface area contributed by atoms with Gasteiger partial charge in [-0.1, -0.05) is 29.8 Å². The molecule has 8 heteroatoms. The van der Waals surface area contributed by atoms with Crippen molar-refractivity contribution in [1.29, 1.82) is 0 Å². The molecule has 0 unspecified atom stereocenters. The number of carbonyl (C=O) groups is 3. The highest BCUT2D eigenvalue weighted by molar-refractivity contribution is 6.46. The van der Waals surface area contributed by atoms with Crippen LogP contribution in [0.25, 0.3) is 5.57 Å². The average Bonchev–Trinajstić information content (AvgIpc) is 3.00. The number of imide groups is 1. The summed E-state index contributed by atoms with van der Waals surface area (Å²) in [4.78, 5) is 38.5. The van der Waals surface area contributed by atoms with Gasteiger partial charge in [0, 0.05) is 24.4 Å². The summed E-state index contributed by atoms with van der Waals surface area (Å²) in [7, 11) is 0. The second-order valence-electron chi connectivity index (χ2n) is 7.54. The van der Waals surface area contributed by atoms with Crippen molar-refractivity contribution in [1.82, 2.24) is 0 Å². The van der Waals surface area contributed by atoms with Gasteiger partial charge >= 0.3 is 0 Å². The molecule has 0 bridgehead atoms. The average molecular weight is 447 g/mol. The Kier molecular flexibility index (Phi) is 5.74. The predicted octanol–water partition coefficient (Wildman–Crippen LogP) is 4.63.